The van der Waals surface area contributed by atoms with Crippen LogP contribution in [0.4, 0.5) is 11.4 Å². The first-order chi connectivity index (χ1) is 17.4. The van der Waals surface area contributed by atoms with Crippen LogP contribution in [0.2, 0.25) is 0 Å². The summed E-state index contributed by atoms with van der Waals surface area (Å²) in [5.74, 6) is 0.287. The van der Waals surface area contributed by atoms with Gasteiger partial charge in [0.1, 0.15) is 4.83 Å². The van der Waals surface area contributed by atoms with Crippen LogP contribution in [0, 0.1) is 16.0 Å². The van der Waals surface area contributed by atoms with Gasteiger partial charge in [0, 0.05) is 22.7 Å². The highest BCUT2D eigenvalue weighted by Gasteiger charge is 2.26. The second-order valence-corrected chi connectivity index (χ2v) is 10.7. The number of carbonyl (C=O) groups is 1. The number of aromatic nitrogens is 2. The van der Waals surface area contributed by atoms with Crippen LogP contribution >= 0.6 is 23.1 Å². The molecule has 1 N–H and O–H groups in total. The number of para-hydroxylation sites is 1. The summed E-state index contributed by atoms with van der Waals surface area (Å²) in [4.78, 5) is 43.8. The molecule has 36 heavy (non-hydrogen) atoms. The molecule has 184 valence electrons. The average Bonchev–Trinajstić information content (AvgIpc) is 3.26. The van der Waals surface area contributed by atoms with Gasteiger partial charge < -0.3 is 5.32 Å². The van der Waals surface area contributed by atoms with Crippen molar-refractivity contribution in [2.75, 3.05) is 11.1 Å². The lowest BCUT2D eigenvalue weighted by Crippen LogP contribution is -2.23. The van der Waals surface area contributed by atoms with Gasteiger partial charge in [0.2, 0.25) is 5.91 Å². The van der Waals surface area contributed by atoms with Crippen LogP contribution in [0.5, 0.6) is 0 Å². The lowest BCUT2D eigenvalue weighted by Gasteiger charge is -2.20. The third-order valence-corrected chi connectivity index (χ3v) is 8.51. The van der Waals surface area contributed by atoms with Crippen molar-refractivity contribution >= 4 is 50.6 Å². The van der Waals surface area contributed by atoms with E-state index in [-0.39, 0.29) is 22.9 Å². The minimum atomic E-state index is -0.508. The van der Waals surface area contributed by atoms with Gasteiger partial charge in [-0.15, -0.1) is 11.3 Å². The number of hydrogen-bond donors (Lipinski definition) is 1. The van der Waals surface area contributed by atoms with Crippen LogP contribution in [0.25, 0.3) is 15.9 Å². The summed E-state index contributed by atoms with van der Waals surface area (Å²) < 4.78 is 1.59. The number of nitro benzene ring substituents is 1. The number of thiophene rings is 1. The molecule has 0 unspecified atom stereocenters. The predicted molar refractivity (Wildman–Crippen MR) is 143 cm³/mol. The number of hydrogen-bond acceptors (Lipinski definition) is 7. The van der Waals surface area contributed by atoms with Gasteiger partial charge in [-0.2, -0.15) is 0 Å². The molecule has 0 aliphatic heterocycles. The molecular weight excluding hydrogens is 496 g/mol. The van der Waals surface area contributed by atoms with Crippen molar-refractivity contribution in [3.05, 3.63) is 85.5 Å². The molecule has 0 fully saturated rings. The van der Waals surface area contributed by atoms with Crippen LogP contribution in [0.1, 0.15) is 30.2 Å². The Balaban J connectivity index is 1.48. The molecule has 8 nitrogen and oxygen atoms in total. The van der Waals surface area contributed by atoms with Crippen molar-refractivity contribution in [1.29, 1.82) is 0 Å². The molecule has 1 atom stereocenters. The average molecular weight is 521 g/mol. The lowest BCUT2D eigenvalue weighted by molar-refractivity contribution is -0.384. The van der Waals surface area contributed by atoms with E-state index in [9.17, 15) is 19.7 Å². The maximum atomic E-state index is 13.8. The zero-order valence-corrected chi connectivity index (χ0v) is 21.2. The van der Waals surface area contributed by atoms with Gasteiger partial charge in [-0.05, 0) is 48.9 Å². The summed E-state index contributed by atoms with van der Waals surface area (Å²) in [6, 6.07) is 15.1. The highest BCUT2D eigenvalue weighted by molar-refractivity contribution is 7.99. The molecule has 10 heteroatoms. The molecule has 2 heterocycles. The summed E-state index contributed by atoms with van der Waals surface area (Å²) >= 11 is 2.76. The first kappa shape index (κ1) is 24.2. The van der Waals surface area contributed by atoms with Crippen LogP contribution in [0.3, 0.4) is 0 Å². The van der Waals surface area contributed by atoms with Crippen molar-refractivity contribution in [3.8, 4) is 5.69 Å². The zero-order chi connectivity index (χ0) is 25.2. The van der Waals surface area contributed by atoms with Gasteiger partial charge in [0.15, 0.2) is 5.16 Å². The quantitative estimate of drug-likeness (QED) is 0.147. The van der Waals surface area contributed by atoms with Crippen LogP contribution in [-0.2, 0) is 17.6 Å². The molecule has 1 aliphatic rings. The van der Waals surface area contributed by atoms with Gasteiger partial charge in [-0.3, -0.25) is 24.3 Å². The summed E-state index contributed by atoms with van der Waals surface area (Å²) in [6.07, 6.45) is 4.06. The maximum Gasteiger partial charge on any atom is 0.271 e. The minimum Gasteiger partial charge on any atom is -0.325 e. The van der Waals surface area contributed by atoms with Gasteiger partial charge in [0.05, 0.1) is 21.7 Å². The van der Waals surface area contributed by atoms with E-state index in [1.807, 2.05) is 30.3 Å². The van der Waals surface area contributed by atoms with Gasteiger partial charge in [-0.25, -0.2) is 4.98 Å². The number of nitrogens with one attached hydrogen (secondary N) is 1. The Bertz CT molecular complexity index is 1510. The highest BCUT2D eigenvalue weighted by atomic mass is 32.2. The molecule has 1 amide bonds. The van der Waals surface area contributed by atoms with E-state index < -0.39 is 4.92 Å². The minimum absolute atomic E-state index is 0.00350. The molecule has 1 aliphatic carbocycles. The number of aryl methyl sites for hydroxylation is 1. The number of nitro groups is 1. The molecule has 0 radical (unpaired) electrons. The van der Waals surface area contributed by atoms with Crippen molar-refractivity contribution in [2.24, 2.45) is 5.92 Å². The SMILES string of the molecule is CC[C@H]1CCc2c(sc3nc(SCC(=O)Nc4cccc([N+](=O)[O-])c4)n(-c4ccccc4)c(=O)c23)C1. The molecule has 2 aromatic heterocycles. The van der Waals surface area contributed by atoms with Crippen molar-refractivity contribution in [1.82, 2.24) is 9.55 Å². The number of nitrogens with zero attached hydrogens (tertiary/aromatic N) is 3. The Hall–Kier alpha value is -3.50. The van der Waals surface area contributed by atoms with E-state index in [4.69, 9.17) is 4.98 Å². The number of non-ortho nitro benzene ring substituents is 1. The van der Waals surface area contributed by atoms with Crippen LogP contribution in [-0.4, -0.2) is 26.1 Å². The first-order valence-electron chi connectivity index (χ1n) is 11.7. The molecule has 2 aromatic carbocycles. The Morgan fingerprint density at radius 3 is 2.81 bits per heavy atom. The maximum absolute atomic E-state index is 13.8. The van der Waals surface area contributed by atoms with Crippen molar-refractivity contribution in [3.63, 3.8) is 0 Å². The molecule has 0 bridgehead atoms. The van der Waals surface area contributed by atoms with Crippen molar-refractivity contribution in [2.45, 2.75) is 37.8 Å². The fourth-order valence-electron chi connectivity index (χ4n) is 4.55. The molecular formula is C26H24N4O4S2. The zero-order valence-electron chi connectivity index (χ0n) is 19.6. The van der Waals surface area contributed by atoms with Gasteiger partial charge >= 0.3 is 0 Å². The van der Waals surface area contributed by atoms with E-state index in [0.717, 1.165) is 36.1 Å². The molecule has 4 aromatic rings. The second kappa shape index (κ2) is 10.2. The van der Waals surface area contributed by atoms with Crippen molar-refractivity contribution < 1.29 is 9.72 Å². The number of amides is 1. The largest absolute Gasteiger partial charge is 0.325 e. The smallest absolute Gasteiger partial charge is 0.271 e. The number of thioether (sulfide) groups is 1. The van der Waals surface area contributed by atoms with E-state index in [1.54, 1.807) is 22.0 Å². The third-order valence-electron chi connectivity index (χ3n) is 6.42. The molecule has 5 rings (SSSR count). The Kier molecular flexibility index (Phi) is 6.88. The summed E-state index contributed by atoms with van der Waals surface area (Å²) in [5.41, 5.74) is 1.95. The van der Waals surface area contributed by atoms with E-state index in [2.05, 4.69) is 12.2 Å². The highest BCUT2D eigenvalue weighted by Crippen LogP contribution is 2.38. The number of benzene rings is 2. The fraction of sp³-hybridized carbons (Fsp3) is 0.269. The van der Waals surface area contributed by atoms with E-state index in [0.29, 0.717) is 27.8 Å². The standard InChI is InChI=1S/C26H24N4O4S2/c1-2-16-11-12-20-21(13-16)36-24-23(20)25(32)29(18-8-4-3-5-9-18)26(28-24)35-15-22(31)27-17-7-6-10-19(14-17)30(33)34/h3-10,14,16H,2,11-13,15H2,1H3,(H,27,31)/t16-/m0/s1. The summed E-state index contributed by atoms with van der Waals surface area (Å²) in [6.45, 7) is 2.21. The fourth-order valence-corrected chi connectivity index (χ4v) is 6.74. The second-order valence-electron chi connectivity index (χ2n) is 8.72. The predicted octanol–water partition coefficient (Wildman–Crippen LogP) is 5.60. The van der Waals surface area contributed by atoms with Gasteiger partial charge in [0.25, 0.3) is 11.2 Å². The number of fused-ring (bicyclic) bond motifs is 3. The Morgan fingerprint density at radius 2 is 2.06 bits per heavy atom. The third kappa shape index (κ3) is 4.78. The Labute approximate surface area is 215 Å². The molecule has 0 saturated heterocycles. The summed E-state index contributed by atoms with van der Waals surface area (Å²) in [5, 5.41) is 14.8. The summed E-state index contributed by atoms with van der Waals surface area (Å²) in [7, 11) is 0. The van der Waals surface area contributed by atoms with Crippen LogP contribution < -0.4 is 10.9 Å². The van der Waals surface area contributed by atoms with Crippen LogP contribution in [0.15, 0.2) is 64.5 Å². The monoisotopic (exact) mass is 520 g/mol. The normalized spacial score (nSPS) is 15.0. The number of rotatable bonds is 7. The Morgan fingerprint density at radius 1 is 1.25 bits per heavy atom. The van der Waals surface area contributed by atoms with E-state index >= 15 is 0 Å². The lowest BCUT2D eigenvalue weighted by atomic mass is 9.86. The topological polar surface area (TPSA) is 107 Å². The van der Waals surface area contributed by atoms with Gasteiger partial charge in [-0.1, -0.05) is 49.4 Å². The van der Waals surface area contributed by atoms with E-state index in [1.165, 1.54) is 34.8 Å². The number of carbonyl (C=O) groups excluding carboxylic acids is 1. The molecule has 0 spiro atoms. The molecule has 0 saturated carbocycles. The number of anilines is 1. The first-order valence-corrected chi connectivity index (χ1v) is 13.5.